The molecule has 1 unspecified atom stereocenters. The summed E-state index contributed by atoms with van der Waals surface area (Å²) in [5, 5.41) is 3.47. The van der Waals surface area contributed by atoms with Gasteiger partial charge in [-0.05, 0) is 48.8 Å². The van der Waals surface area contributed by atoms with Crippen LogP contribution in [0.4, 0.5) is 0 Å². The van der Waals surface area contributed by atoms with Crippen LogP contribution in [-0.4, -0.2) is 19.3 Å². The molecule has 0 aromatic carbocycles. The van der Waals surface area contributed by atoms with E-state index in [9.17, 15) is 0 Å². The van der Waals surface area contributed by atoms with E-state index < -0.39 is 0 Å². The quantitative estimate of drug-likeness (QED) is 0.895. The average Bonchev–Trinajstić information content (AvgIpc) is 2.61. The van der Waals surface area contributed by atoms with Crippen LogP contribution in [0.1, 0.15) is 31.7 Å². The zero-order valence-electron chi connectivity index (χ0n) is 9.63. The van der Waals surface area contributed by atoms with Gasteiger partial charge in [-0.3, -0.25) is 0 Å². The molecule has 2 nitrogen and oxygen atoms in total. The molecule has 1 aromatic heterocycles. The van der Waals surface area contributed by atoms with Crippen LogP contribution in [0.25, 0.3) is 0 Å². The fourth-order valence-corrected chi connectivity index (χ4v) is 2.58. The van der Waals surface area contributed by atoms with Crippen LogP contribution in [-0.2, 0) is 4.74 Å². The molecular weight excluding hydrogens is 274 g/mol. The van der Waals surface area contributed by atoms with E-state index in [1.54, 1.807) is 18.4 Å². The van der Waals surface area contributed by atoms with Crippen molar-refractivity contribution in [1.29, 1.82) is 0 Å². The van der Waals surface area contributed by atoms with Crippen LogP contribution in [0.5, 0.6) is 0 Å². The van der Waals surface area contributed by atoms with Gasteiger partial charge in [0.25, 0.3) is 0 Å². The SMILES string of the molecule is COC(C)(C)CNC(C)c1ccc(Br)s1. The molecule has 0 aliphatic carbocycles. The van der Waals surface area contributed by atoms with E-state index in [1.807, 2.05) is 0 Å². The van der Waals surface area contributed by atoms with Gasteiger partial charge >= 0.3 is 0 Å². The normalized spacial score (nSPS) is 14.2. The molecule has 0 amide bonds. The average molecular weight is 292 g/mol. The molecular formula is C11H18BrNOS. The van der Waals surface area contributed by atoms with Crippen molar-refractivity contribution in [2.75, 3.05) is 13.7 Å². The predicted molar refractivity (Wildman–Crippen MR) is 69.5 cm³/mol. The van der Waals surface area contributed by atoms with Crippen LogP contribution in [0.3, 0.4) is 0 Å². The van der Waals surface area contributed by atoms with Gasteiger partial charge in [-0.25, -0.2) is 0 Å². The van der Waals surface area contributed by atoms with Crippen LogP contribution < -0.4 is 5.32 Å². The molecule has 1 aromatic rings. The standard InChI is InChI=1S/C11H18BrNOS/c1-8(9-5-6-10(12)15-9)13-7-11(2,3)14-4/h5-6,8,13H,7H2,1-4H3. The first-order chi connectivity index (χ1) is 6.94. The van der Waals surface area contributed by atoms with Crippen molar-refractivity contribution in [2.45, 2.75) is 32.4 Å². The van der Waals surface area contributed by atoms with Gasteiger partial charge in [0.05, 0.1) is 9.39 Å². The van der Waals surface area contributed by atoms with E-state index in [2.05, 4.69) is 54.2 Å². The lowest BCUT2D eigenvalue weighted by Gasteiger charge is -2.25. The summed E-state index contributed by atoms with van der Waals surface area (Å²) in [7, 11) is 1.74. The molecule has 0 bridgehead atoms. The molecule has 0 radical (unpaired) electrons. The summed E-state index contributed by atoms with van der Waals surface area (Å²) < 4.78 is 6.54. The van der Waals surface area contributed by atoms with Crippen molar-refractivity contribution < 1.29 is 4.74 Å². The topological polar surface area (TPSA) is 21.3 Å². The van der Waals surface area contributed by atoms with E-state index in [4.69, 9.17) is 4.74 Å². The molecule has 1 rings (SSSR count). The second-order valence-corrected chi connectivity index (χ2v) is 6.70. The van der Waals surface area contributed by atoms with Crippen molar-refractivity contribution >= 4 is 27.3 Å². The monoisotopic (exact) mass is 291 g/mol. The summed E-state index contributed by atoms with van der Waals surface area (Å²) in [5.74, 6) is 0. The molecule has 1 heterocycles. The van der Waals surface area contributed by atoms with E-state index in [0.717, 1.165) is 6.54 Å². The molecule has 0 aliphatic heterocycles. The minimum atomic E-state index is -0.108. The van der Waals surface area contributed by atoms with Crippen molar-refractivity contribution in [1.82, 2.24) is 5.32 Å². The molecule has 15 heavy (non-hydrogen) atoms. The number of ether oxygens (including phenoxy) is 1. The first-order valence-corrected chi connectivity index (χ1v) is 6.59. The van der Waals surface area contributed by atoms with Gasteiger partial charge in [-0.2, -0.15) is 0 Å². The lowest BCUT2D eigenvalue weighted by atomic mass is 10.1. The molecule has 0 fully saturated rings. The van der Waals surface area contributed by atoms with E-state index >= 15 is 0 Å². The molecule has 0 aliphatic rings. The number of hydrogen-bond donors (Lipinski definition) is 1. The van der Waals surface area contributed by atoms with Crippen molar-refractivity contribution in [2.24, 2.45) is 0 Å². The predicted octanol–water partition coefficient (Wildman–Crippen LogP) is 3.59. The van der Waals surface area contributed by atoms with Crippen molar-refractivity contribution in [3.8, 4) is 0 Å². The maximum Gasteiger partial charge on any atom is 0.0746 e. The summed E-state index contributed by atoms with van der Waals surface area (Å²) in [4.78, 5) is 1.34. The Morgan fingerprint density at radius 1 is 1.53 bits per heavy atom. The third-order valence-corrected chi connectivity index (χ3v) is 4.21. The van der Waals surface area contributed by atoms with E-state index in [1.165, 1.54) is 8.66 Å². The molecule has 0 spiro atoms. The second kappa shape index (κ2) is 5.43. The minimum absolute atomic E-state index is 0.108. The number of thiophene rings is 1. The maximum absolute atomic E-state index is 5.36. The van der Waals surface area contributed by atoms with Crippen LogP contribution in [0, 0.1) is 0 Å². The van der Waals surface area contributed by atoms with Crippen LogP contribution in [0.15, 0.2) is 15.9 Å². The number of nitrogens with one attached hydrogen (secondary N) is 1. The molecule has 1 N–H and O–H groups in total. The maximum atomic E-state index is 5.36. The smallest absolute Gasteiger partial charge is 0.0746 e. The highest BCUT2D eigenvalue weighted by Crippen LogP contribution is 2.27. The Labute approximate surface area is 104 Å². The fraction of sp³-hybridized carbons (Fsp3) is 0.636. The Morgan fingerprint density at radius 3 is 2.67 bits per heavy atom. The number of hydrogen-bond acceptors (Lipinski definition) is 3. The lowest BCUT2D eigenvalue weighted by Crippen LogP contribution is -2.37. The van der Waals surface area contributed by atoms with Gasteiger partial charge < -0.3 is 10.1 Å². The molecule has 1 atom stereocenters. The second-order valence-electron chi connectivity index (χ2n) is 4.21. The summed E-state index contributed by atoms with van der Waals surface area (Å²) in [5.41, 5.74) is -0.108. The van der Waals surface area contributed by atoms with Gasteiger partial charge in [0.2, 0.25) is 0 Å². The molecule has 0 saturated carbocycles. The van der Waals surface area contributed by atoms with Gasteiger partial charge in [0, 0.05) is 24.6 Å². The fourth-order valence-electron chi connectivity index (χ4n) is 1.13. The van der Waals surface area contributed by atoms with Crippen molar-refractivity contribution in [3.05, 3.63) is 20.8 Å². The van der Waals surface area contributed by atoms with Gasteiger partial charge in [0.1, 0.15) is 0 Å². The molecule has 86 valence electrons. The zero-order valence-corrected chi connectivity index (χ0v) is 12.0. The number of methoxy groups -OCH3 is 1. The number of rotatable bonds is 5. The lowest BCUT2D eigenvalue weighted by molar-refractivity contribution is 0.0215. The van der Waals surface area contributed by atoms with Crippen LogP contribution >= 0.6 is 27.3 Å². The Morgan fingerprint density at radius 2 is 2.20 bits per heavy atom. The Kier molecular flexibility index (Phi) is 4.77. The number of halogens is 1. The highest BCUT2D eigenvalue weighted by Gasteiger charge is 2.17. The summed E-state index contributed by atoms with van der Waals surface area (Å²) >= 11 is 5.24. The van der Waals surface area contributed by atoms with Gasteiger partial charge in [-0.1, -0.05) is 0 Å². The van der Waals surface area contributed by atoms with Gasteiger partial charge in [0.15, 0.2) is 0 Å². The minimum Gasteiger partial charge on any atom is -0.377 e. The van der Waals surface area contributed by atoms with Crippen LogP contribution in [0.2, 0.25) is 0 Å². The first-order valence-electron chi connectivity index (χ1n) is 4.98. The third-order valence-electron chi connectivity index (χ3n) is 2.41. The summed E-state index contributed by atoms with van der Waals surface area (Å²) in [6.45, 7) is 7.18. The van der Waals surface area contributed by atoms with Crippen molar-refractivity contribution in [3.63, 3.8) is 0 Å². The Bertz CT molecular complexity index is 311. The molecule has 4 heteroatoms. The summed E-state index contributed by atoms with van der Waals surface area (Å²) in [6, 6.07) is 4.60. The zero-order chi connectivity index (χ0) is 11.5. The highest BCUT2D eigenvalue weighted by molar-refractivity contribution is 9.11. The Balaban J connectivity index is 2.46. The van der Waals surface area contributed by atoms with E-state index in [0.29, 0.717) is 6.04 Å². The highest BCUT2D eigenvalue weighted by atomic mass is 79.9. The first kappa shape index (κ1) is 13.2. The largest absolute Gasteiger partial charge is 0.377 e. The van der Waals surface area contributed by atoms with Gasteiger partial charge in [-0.15, -0.1) is 11.3 Å². The summed E-state index contributed by atoms with van der Waals surface area (Å²) in [6.07, 6.45) is 0. The third kappa shape index (κ3) is 4.23. The molecule has 0 saturated heterocycles. The van der Waals surface area contributed by atoms with E-state index in [-0.39, 0.29) is 5.60 Å². The Hall–Kier alpha value is 0.1000.